The van der Waals surface area contributed by atoms with E-state index < -0.39 is 4.87 Å². The minimum Gasteiger partial charge on any atom is -0.422 e. The zero-order valence-corrected chi connectivity index (χ0v) is 14.1. The van der Waals surface area contributed by atoms with Gasteiger partial charge in [0.2, 0.25) is 0 Å². The Hall–Kier alpha value is -1.72. The summed E-state index contributed by atoms with van der Waals surface area (Å²) in [5.41, 5.74) is 1.97. The molecule has 0 amide bonds. The van der Waals surface area contributed by atoms with Crippen molar-refractivity contribution in [1.29, 1.82) is 0 Å². The molecule has 0 bridgehead atoms. The van der Waals surface area contributed by atoms with Crippen LogP contribution in [0.2, 0.25) is 0 Å². The summed E-state index contributed by atoms with van der Waals surface area (Å²) < 4.78 is 6.45. The lowest BCUT2D eigenvalue weighted by molar-refractivity contribution is 0.540. The number of rotatable bonds is 1. The second-order valence-corrected chi connectivity index (χ2v) is 7.76. The Morgan fingerprint density at radius 3 is 2.82 bits per heavy atom. The minimum absolute atomic E-state index is 0.301. The molecule has 1 aliphatic heterocycles. The smallest absolute Gasteiger partial charge is 0.342 e. The largest absolute Gasteiger partial charge is 0.422 e. The molecule has 5 heteroatoms. The fourth-order valence-electron chi connectivity index (χ4n) is 2.71. The van der Waals surface area contributed by atoms with Gasteiger partial charge in [-0.05, 0) is 43.3 Å². The summed E-state index contributed by atoms with van der Waals surface area (Å²) in [6, 6.07) is 15.6. The summed E-state index contributed by atoms with van der Waals surface area (Å²) in [4.78, 5) is 13.0. The summed E-state index contributed by atoms with van der Waals surface area (Å²) in [5, 5.41) is 4.34. The molecule has 0 fully saturated rings. The van der Waals surface area contributed by atoms with Crippen LogP contribution in [0.3, 0.4) is 0 Å². The SMILES string of the molecule is CC1(c2cc3cc(Br)ccc3oc2=O)Nc2ccccc2S1. The van der Waals surface area contributed by atoms with Gasteiger partial charge in [-0.15, -0.1) is 0 Å². The normalized spacial score (nSPS) is 19.9. The minimum atomic E-state index is -0.527. The predicted molar refractivity (Wildman–Crippen MR) is 93.5 cm³/mol. The van der Waals surface area contributed by atoms with Gasteiger partial charge >= 0.3 is 5.63 Å². The van der Waals surface area contributed by atoms with Gasteiger partial charge in [0.25, 0.3) is 0 Å². The van der Waals surface area contributed by atoms with Crippen LogP contribution >= 0.6 is 27.7 Å². The van der Waals surface area contributed by atoms with Gasteiger partial charge in [0.1, 0.15) is 10.5 Å². The standard InChI is InChI=1S/C17H12BrNO2S/c1-17(19-13-4-2-3-5-15(13)22-17)12-9-10-8-11(18)6-7-14(10)21-16(12)20/h2-9,19H,1H3. The molecule has 1 aromatic heterocycles. The first-order valence-corrected chi connectivity index (χ1v) is 8.46. The molecule has 4 rings (SSSR count). The first kappa shape index (κ1) is 13.9. The van der Waals surface area contributed by atoms with Crippen LogP contribution in [0.4, 0.5) is 5.69 Å². The average molecular weight is 374 g/mol. The van der Waals surface area contributed by atoms with E-state index in [4.69, 9.17) is 4.42 Å². The maximum atomic E-state index is 12.4. The third kappa shape index (κ3) is 2.16. The highest BCUT2D eigenvalue weighted by molar-refractivity contribution is 9.10. The van der Waals surface area contributed by atoms with Gasteiger partial charge in [-0.1, -0.05) is 39.8 Å². The second kappa shape index (κ2) is 4.89. The molecule has 3 nitrogen and oxygen atoms in total. The molecule has 1 atom stereocenters. The summed E-state index contributed by atoms with van der Waals surface area (Å²) in [6.45, 7) is 2.01. The van der Waals surface area contributed by atoms with E-state index in [-0.39, 0.29) is 5.63 Å². The van der Waals surface area contributed by atoms with Gasteiger partial charge in [0, 0.05) is 20.4 Å². The van der Waals surface area contributed by atoms with Crippen molar-refractivity contribution in [2.45, 2.75) is 16.7 Å². The molecule has 0 saturated heterocycles. The van der Waals surface area contributed by atoms with Crippen LogP contribution in [-0.2, 0) is 4.87 Å². The van der Waals surface area contributed by atoms with Crippen LogP contribution in [0.25, 0.3) is 11.0 Å². The highest BCUT2D eigenvalue weighted by Gasteiger charge is 2.37. The third-order valence-electron chi connectivity index (χ3n) is 3.78. The Balaban J connectivity index is 1.88. The molecule has 0 radical (unpaired) electrons. The Bertz CT molecular complexity index is 926. The van der Waals surface area contributed by atoms with Gasteiger partial charge in [0.15, 0.2) is 0 Å². The van der Waals surface area contributed by atoms with Crippen LogP contribution < -0.4 is 10.9 Å². The van der Waals surface area contributed by atoms with Gasteiger partial charge in [-0.25, -0.2) is 4.79 Å². The molecule has 1 N–H and O–H groups in total. The fourth-order valence-corrected chi connectivity index (χ4v) is 4.32. The number of nitrogens with one attached hydrogen (secondary N) is 1. The van der Waals surface area contributed by atoms with Crippen molar-refractivity contribution in [3.8, 4) is 0 Å². The monoisotopic (exact) mass is 373 g/mol. The highest BCUT2D eigenvalue weighted by Crippen LogP contribution is 2.50. The van der Waals surface area contributed by atoms with Gasteiger partial charge in [-0.2, -0.15) is 0 Å². The fraction of sp³-hybridized carbons (Fsp3) is 0.118. The summed E-state index contributed by atoms with van der Waals surface area (Å²) in [5.74, 6) is 0. The highest BCUT2D eigenvalue weighted by atomic mass is 79.9. The van der Waals surface area contributed by atoms with Crippen LogP contribution in [0.1, 0.15) is 12.5 Å². The van der Waals surface area contributed by atoms with E-state index in [0.717, 1.165) is 20.4 Å². The molecular weight excluding hydrogens is 362 g/mol. The lowest BCUT2D eigenvalue weighted by Crippen LogP contribution is -2.30. The summed E-state index contributed by atoms with van der Waals surface area (Å²) >= 11 is 5.09. The van der Waals surface area contributed by atoms with Crippen molar-refractivity contribution in [3.63, 3.8) is 0 Å². The average Bonchev–Trinajstić information content (AvgIpc) is 2.84. The number of anilines is 1. The predicted octanol–water partition coefficient (Wildman–Crippen LogP) is 4.95. The first-order chi connectivity index (χ1) is 10.5. The summed E-state index contributed by atoms with van der Waals surface area (Å²) in [7, 11) is 0. The Kier molecular flexibility index (Phi) is 3.09. The van der Waals surface area contributed by atoms with Crippen molar-refractivity contribution in [2.24, 2.45) is 0 Å². The van der Waals surface area contributed by atoms with Crippen LogP contribution in [0.15, 0.2) is 67.1 Å². The van der Waals surface area contributed by atoms with E-state index in [9.17, 15) is 4.79 Å². The van der Waals surface area contributed by atoms with Crippen LogP contribution in [0.5, 0.6) is 0 Å². The molecule has 1 unspecified atom stereocenters. The third-order valence-corrected chi connectivity index (χ3v) is 5.58. The molecule has 0 aliphatic carbocycles. The quantitative estimate of drug-likeness (QED) is 0.613. The van der Waals surface area contributed by atoms with E-state index >= 15 is 0 Å². The van der Waals surface area contributed by atoms with Crippen molar-refractivity contribution < 1.29 is 4.42 Å². The number of hydrogen-bond acceptors (Lipinski definition) is 4. The Morgan fingerprint density at radius 2 is 2.00 bits per heavy atom. The molecular formula is C17H12BrNO2S. The molecule has 0 spiro atoms. The number of hydrogen-bond donors (Lipinski definition) is 1. The van der Waals surface area contributed by atoms with Gasteiger partial charge in [0.05, 0.1) is 5.56 Å². The number of benzene rings is 2. The van der Waals surface area contributed by atoms with Crippen molar-refractivity contribution >= 4 is 44.3 Å². The first-order valence-electron chi connectivity index (χ1n) is 6.85. The number of para-hydroxylation sites is 1. The second-order valence-electron chi connectivity index (χ2n) is 5.39. The molecule has 110 valence electrons. The van der Waals surface area contributed by atoms with E-state index in [0.29, 0.717) is 11.1 Å². The molecule has 0 saturated carbocycles. The topological polar surface area (TPSA) is 42.2 Å². The van der Waals surface area contributed by atoms with E-state index in [2.05, 4.69) is 27.3 Å². The van der Waals surface area contributed by atoms with Gasteiger partial charge < -0.3 is 9.73 Å². The number of halogens is 1. The molecule has 3 aromatic rings. The van der Waals surface area contributed by atoms with E-state index in [1.54, 1.807) is 17.8 Å². The summed E-state index contributed by atoms with van der Waals surface area (Å²) in [6.07, 6.45) is 0. The van der Waals surface area contributed by atoms with Gasteiger partial charge in [-0.3, -0.25) is 0 Å². The number of thioether (sulfide) groups is 1. The maximum absolute atomic E-state index is 12.4. The van der Waals surface area contributed by atoms with Crippen molar-refractivity contribution in [2.75, 3.05) is 5.32 Å². The zero-order chi connectivity index (χ0) is 15.3. The molecule has 22 heavy (non-hydrogen) atoms. The zero-order valence-electron chi connectivity index (χ0n) is 11.7. The number of fused-ring (bicyclic) bond motifs is 2. The molecule has 1 aliphatic rings. The maximum Gasteiger partial charge on any atom is 0.342 e. The molecule has 2 aromatic carbocycles. The van der Waals surface area contributed by atoms with Crippen molar-refractivity contribution in [3.05, 3.63) is 69.0 Å². The molecule has 2 heterocycles. The van der Waals surface area contributed by atoms with Crippen LogP contribution in [0, 0.1) is 0 Å². The lowest BCUT2D eigenvalue weighted by atomic mass is 10.1. The van der Waals surface area contributed by atoms with E-state index in [1.165, 1.54) is 0 Å². The Morgan fingerprint density at radius 1 is 1.18 bits per heavy atom. The lowest BCUT2D eigenvalue weighted by Gasteiger charge is -2.23. The van der Waals surface area contributed by atoms with E-state index in [1.807, 2.05) is 43.3 Å². The van der Waals surface area contributed by atoms with Crippen molar-refractivity contribution in [1.82, 2.24) is 0 Å². The Labute approximate surface area is 139 Å². The van der Waals surface area contributed by atoms with Crippen LogP contribution in [-0.4, -0.2) is 0 Å².